The number of rotatable bonds is 3. The van der Waals surface area contributed by atoms with E-state index >= 15 is 0 Å². The molecule has 100 valence electrons. The van der Waals surface area contributed by atoms with Crippen LogP contribution in [0.5, 0.6) is 0 Å². The highest BCUT2D eigenvalue weighted by molar-refractivity contribution is 7.98. The molecule has 1 aliphatic carbocycles. The number of aryl methyl sites for hydroxylation is 1. The molecule has 0 fully saturated rings. The molecule has 1 unspecified atom stereocenters. The van der Waals surface area contributed by atoms with Crippen molar-refractivity contribution in [1.82, 2.24) is 10.3 Å². The van der Waals surface area contributed by atoms with E-state index in [9.17, 15) is 0 Å². The lowest BCUT2D eigenvalue weighted by Crippen LogP contribution is -2.19. The normalized spacial score (nSPS) is 18.3. The lowest BCUT2D eigenvalue weighted by atomic mass is 9.98. The molecule has 0 aliphatic heterocycles. The quantitative estimate of drug-likeness (QED) is 0.860. The van der Waals surface area contributed by atoms with Gasteiger partial charge in [-0.2, -0.15) is 0 Å². The van der Waals surface area contributed by atoms with Crippen molar-refractivity contribution in [3.63, 3.8) is 0 Å². The fraction of sp³-hybridized carbons (Fsp3) is 0.400. The van der Waals surface area contributed by atoms with Gasteiger partial charge in [0.1, 0.15) is 5.01 Å². The highest BCUT2D eigenvalue weighted by Gasteiger charge is 2.23. The zero-order valence-corrected chi connectivity index (χ0v) is 12.9. The lowest BCUT2D eigenvalue weighted by molar-refractivity contribution is 0.501. The molecule has 2 aromatic rings. The summed E-state index contributed by atoms with van der Waals surface area (Å²) in [4.78, 5) is 7.59. The number of thiazole rings is 1. The molecule has 0 saturated heterocycles. The molecule has 1 aliphatic rings. The van der Waals surface area contributed by atoms with Gasteiger partial charge in [0.25, 0.3) is 0 Å². The molecule has 1 heterocycles. The average Bonchev–Trinajstić information content (AvgIpc) is 2.91. The third-order valence-electron chi connectivity index (χ3n) is 3.64. The molecule has 3 rings (SSSR count). The summed E-state index contributed by atoms with van der Waals surface area (Å²) in [6.45, 7) is 0. The number of benzene rings is 1. The Kier molecular flexibility index (Phi) is 3.91. The molecule has 1 aromatic heterocycles. The maximum atomic E-state index is 4.85. The van der Waals surface area contributed by atoms with Crippen molar-refractivity contribution in [2.75, 3.05) is 13.3 Å². The highest BCUT2D eigenvalue weighted by atomic mass is 32.2. The second-order valence-corrected chi connectivity index (χ2v) is 6.70. The summed E-state index contributed by atoms with van der Waals surface area (Å²) in [5, 5.41) is 4.58. The van der Waals surface area contributed by atoms with Crippen LogP contribution in [0.4, 0.5) is 0 Å². The van der Waals surface area contributed by atoms with Crippen LogP contribution in [0.3, 0.4) is 0 Å². The van der Waals surface area contributed by atoms with E-state index < -0.39 is 0 Å². The molecule has 1 atom stereocenters. The van der Waals surface area contributed by atoms with Gasteiger partial charge >= 0.3 is 0 Å². The maximum Gasteiger partial charge on any atom is 0.123 e. The van der Waals surface area contributed by atoms with Gasteiger partial charge in [0.05, 0.1) is 5.69 Å². The first-order chi connectivity index (χ1) is 9.31. The Hall–Kier alpha value is -0.840. The van der Waals surface area contributed by atoms with Crippen molar-refractivity contribution in [2.45, 2.75) is 30.2 Å². The number of nitrogens with one attached hydrogen (secondary N) is 1. The average molecular weight is 290 g/mol. The van der Waals surface area contributed by atoms with Crippen molar-refractivity contribution in [3.8, 4) is 10.6 Å². The van der Waals surface area contributed by atoms with Crippen LogP contribution in [0.25, 0.3) is 10.6 Å². The Bertz CT molecular complexity index is 560. The van der Waals surface area contributed by atoms with E-state index in [2.05, 4.69) is 35.8 Å². The van der Waals surface area contributed by atoms with Gasteiger partial charge in [0.15, 0.2) is 0 Å². The minimum Gasteiger partial charge on any atom is -0.312 e. The Morgan fingerprint density at radius 2 is 2.11 bits per heavy atom. The van der Waals surface area contributed by atoms with Gasteiger partial charge in [-0.1, -0.05) is 12.1 Å². The van der Waals surface area contributed by atoms with E-state index in [1.807, 2.05) is 18.4 Å². The predicted octanol–water partition coefficient (Wildman–Crippen LogP) is 4.13. The molecule has 1 N–H and O–H groups in total. The van der Waals surface area contributed by atoms with Gasteiger partial charge in [0.2, 0.25) is 0 Å². The molecule has 0 amide bonds. The Balaban J connectivity index is 1.95. The van der Waals surface area contributed by atoms with Gasteiger partial charge in [0, 0.05) is 21.4 Å². The molecule has 4 heteroatoms. The number of thioether (sulfide) groups is 1. The van der Waals surface area contributed by atoms with Crippen molar-refractivity contribution >= 4 is 23.1 Å². The SMILES string of the molecule is CNC1CCCc2nc(-c3ccc(SC)cc3)sc21. The predicted molar refractivity (Wildman–Crippen MR) is 84.1 cm³/mol. The van der Waals surface area contributed by atoms with E-state index in [0.717, 1.165) is 6.42 Å². The summed E-state index contributed by atoms with van der Waals surface area (Å²) >= 11 is 3.63. The second kappa shape index (κ2) is 5.65. The van der Waals surface area contributed by atoms with Crippen molar-refractivity contribution < 1.29 is 0 Å². The van der Waals surface area contributed by atoms with Gasteiger partial charge in [-0.3, -0.25) is 0 Å². The van der Waals surface area contributed by atoms with E-state index in [0.29, 0.717) is 6.04 Å². The molecule has 19 heavy (non-hydrogen) atoms. The second-order valence-electron chi connectivity index (χ2n) is 4.79. The van der Waals surface area contributed by atoms with Crippen LogP contribution >= 0.6 is 23.1 Å². The fourth-order valence-electron chi connectivity index (χ4n) is 2.55. The Morgan fingerprint density at radius 1 is 1.32 bits per heavy atom. The number of hydrogen-bond acceptors (Lipinski definition) is 4. The smallest absolute Gasteiger partial charge is 0.123 e. The minimum atomic E-state index is 0.500. The van der Waals surface area contributed by atoms with E-state index in [1.54, 1.807) is 11.8 Å². The summed E-state index contributed by atoms with van der Waals surface area (Å²) in [5.74, 6) is 0. The summed E-state index contributed by atoms with van der Waals surface area (Å²) < 4.78 is 0. The van der Waals surface area contributed by atoms with Crippen LogP contribution in [-0.4, -0.2) is 18.3 Å². The molecule has 0 radical (unpaired) electrons. The molecule has 0 saturated carbocycles. The lowest BCUT2D eigenvalue weighted by Gasteiger charge is -2.19. The summed E-state index contributed by atoms with van der Waals surface area (Å²) in [7, 11) is 2.05. The van der Waals surface area contributed by atoms with Crippen LogP contribution in [0.15, 0.2) is 29.2 Å². The third kappa shape index (κ3) is 2.57. The van der Waals surface area contributed by atoms with E-state index in [-0.39, 0.29) is 0 Å². The first-order valence-electron chi connectivity index (χ1n) is 6.63. The van der Waals surface area contributed by atoms with Crippen LogP contribution in [0.1, 0.15) is 29.5 Å². The molecule has 2 nitrogen and oxygen atoms in total. The molecule has 0 spiro atoms. The highest BCUT2D eigenvalue weighted by Crippen LogP contribution is 2.37. The van der Waals surface area contributed by atoms with E-state index in [1.165, 1.54) is 38.9 Å². The van der Waals surface area contributed by atoms with Crippen LogP contribution in [-0.2, 0) is 6.42 Å². The van der Waals surface area contributed by atoms with Crippen molar-refractivity contribution in [2.24, 2.45) is 0 Å². The van der Waals surface area contributed by atoms with Crippen LogP contribution < -0.4 is 5.32 Å². The summed E-state index contributed by atoms with van der Waals surface area (Å²) in [6.07, 6.45) is 5.71. The fourth-order valence-corrected chi connectivity index (χ4v) is 4.22. The minimum absolute atomic E-state index is 0.500. The number of nitrogens with zero attached hydrogens (tertiary/aromatic N) is 1. The molecule has 1 aromatic carbocycles. The Morgan fingerprint density at radius 3 is 2.79 bits per heavy atom. The first kappa shape index (κ1) is 13.2. The maximum absolute atomic E-state index is 4.85. The van der Waals surface area contributed by atoms with E-state index in [4.69, 9.17) is 4.98 Å². The summed E-state index contributed by atoms with van der Waals surface area (Å²) in [5.41, 5.74) is 2.55. The summed E-state index contributed by atoms with van der Waals surface area (Å²) in [6, 6.07) is 9.22. The van der Waals surface area contributed by atoms with Gasteiger partial charge < -0.3 is 5.32 Å². The first-order valence-corrected chi connectivity index (χ1v) is 8.67. The van der Waals surface area contributed by atoms with Crippen molar-refractivity contribution in [3.05, 3.63) is 34.8 Å². The zero-order valence-electron chi connectivity index (χ0n) is 11.3. The standard InChI is InChI=1S/C15H18N2S2/c1-16-12-4-3-5-13-14(12)19-15(17-13)10-6-8-11(18-2)9-7-10/h6-9,12,16H,3-5H2,1-2H3. The van der Waals surface area contributed by atoms with Crippen LogP contribution in [0.2, 0.25) is 0 Å². The van der Waals surface area contributed by atoms with Crippen LogP contribution in [0, 0.1) is 0 Å². The van der Waals surface area contributed by atoms with Gasteiger partial charge in [-0.25, -0.2) is 4.98 Å². The number of aromatic nitrogens is 1. The number of fused-ring (bicyclic) bond motifs is 1. The van der Waals surface area contributed by atoms with Crippen molar-refractivity contribution in [1.29, 1.82) is 0 Å². The topological polar surface area (TPSA) is 24.9 Å². The third-order valence-corrected chi connectivity index (χ3v) is 5.64. The van der Waals surface area contributed by atoms with Gasteiger partial charge in [-0.15, -0.1) is 23.1 Å². The zero-order chi connectivity index (χ0) is 13.2. The molecular weight excluding hydrogens is 272 g/mol. The molecule has 0 bridgehead atoms. The Labute approximate surface area is 122 Å². The largest absolute Gasteiger partial charge is 0.312 e. The monoisotopic (exact) mass is 290 g/mol. The molecular formula is C15H18N2S2. The number of hydrogen-bond donors (Lipinski definition) is 1. The van der Waals surface area contributed by atoms with Gasteiger partial charge in [-0.05, 0) is 44.7 Å².